The van der Waals surface area contributed by atoms with Gasteiger partial charge in [-0.2, -0.15) is 0 Å². The van der Waals surface area contributed by atoms with E-state index in [0.29, 0.717) is 5.75 Å². The molecule has 0 atom stereocenters. The Labute approximate surface area is 110 Å². The quantitative estimate of drug-likeness (QED) is 0.826. The third-order valence-electron chi connectivity index (χ3n) is 1.87. The summed E-state index contributed by atoms with van der Waals surface area (Å²) in [6.45, 7) is 5.58. The second kappa shape index (κ2) is 6.37. The van der Waals surface area contributed by atoms with Gasteiger partial charge < -0.3 is 10.4 Å². The molecule has 0 saturated heterocycles. The van der Waals surface area contributed by atoms with Crippen molar-refractivity contribution in [3.8, 4) is 0 Å². The number of nitrogens with zero attached hydrogens (tertiary/aromatic N) is 1. The van der Waals surface area contributed by atoms with Crippen LogP contribution in [0.2, 0.25) is 0 Å². The molecule has 1 heterocycles. The van der Waals surface area contributed by atoms with Gasteiger partial charge in [0.05, 0.1) is 22.1 Å². The Kier molecular flexibility index (Phi) is 5.42. The van der Waals surface area contributed by atoms with Crippen LogP contribution >= 0.6 is 23.1 Å². The molecule has 2 N–H and O–H groups in total. The molecule has 1 aromatic heterocycles. The normalized spacial score (nSPS) is 11.5. The fourth-order valence-electron chi connectivity index (χ4n) is 1.09. The van der Waals surface area contributed by atoms with Crippen LogP contribution in [0, 0.1) is 6.92 Å². The maximum absolute atomic E-state index is 11.4. The van der Waals surface area contributed by atoms with Crippen molar-refractivity contribution < 1.29 is 9.90 Å². The first-order valence-electron chi connectivity index (χ1n) is 5.35. The zero-order valence-corrected chi connectivity index (χ0v) is 12.0. The van der Waals surface area contributed by atoms with Gasteiger partial charge in [-0.1, -0.05) is 0 Å². The summed E-state index contributed by atoms with van der Waals surface area (Å²) < 4.78 is 0. The van der Waals surface area contributed by atoms with Crippen molar-refractivity contribution in [2.24, 2.45) is 0 Å². The minimum absolute atomic E-state index is 0.0518. The largest absolute Gasteiger partial charge is 0.389 e. The van der Waals surface area contributed by atoms with E-state index in [1.807, 2.05) is 12.3 Å². The van der Waals surface area contributed by atoms with Crippen molar-refractivity contribution in [1.82, 2.24) is 10.3 Å². The molecule has 0 spiro atoms. The van der Waals surface area contributed by atoms with Crippen LogP contribution in [-0.4, -0.2) is 33.9 Å². The van der Waals surface area contributed by atoms with E-state index in [-0.39, 0.29) is 12.5 Å². The summed E-state index contributed by atoms with van der Waals surface area (Å²) in [6, 6.07) is 0. The molecule has 0 radical (unpaired) electrons. The van der Waals surface area contributed by atoms with Gasteiger partial charge in [-0.05, 0) is 20.8 Å². The Bertz CT molecular complexity index is 372. The lowest BCUT2D eigenvalue weighted by molar-refractivity contribution is -0.119. The summed E-state index contributed by atoms with van der Waals surface area (Å²) in [5, 5.41) is 15.2. The van der Waals surface area contributed by atoms with E-state index in [0.717, 1.165) is 16.5 Å². The van der Waals surface area contributed by atoms with Crippen LogP contribution in [0.1, 0.15) is 24.5 Å². The molecule has 0 unspecified atom stereocenters. The van der Waals surface area contributed by atoms with Crippen LogP contribution in [0.5, 0.6) is 0 Å². The first-order valence-corrected chi connectivity index (χ1v) is 7.38. The highest BCUT2D eigenvalue weighted by molar-refractivity contribution is 7.99. The average molecular weight is 274 g/mol. The number of aryl methyl sites for hydroxylation is 1. The number of thiazole rings is 1. The predicted octanol–water partition coefficient (Wildman–Crippen LogP) is 1.57. The summed E-state index contributed by atoms with van der Waals surface area (Å²) in [5.41, 5.74) is 0.166. The van der Waals surface area contributed by atoms with Gasteiger partial charge in [0, 0.05) is 17.7 Å². The number of rotatable bonds is 6. The van der Waals surface area contributed by atoms with Crippen LogP contribution in [0.3, 0.4) is 0 Å². The second-order valence-electron chi connectivity index (χ2n) is 4.44. The number of thioether (sulfide) groups is 1. The van der Waals surface area contributed by atoms with Crippen molar-refractivity contribution in [3.63, 3.8) is 0 Å². The summed E-state index contributed by atoms with van der Waals surface area (Å²) in [5.74, 6) is 1.09. The molecule has 0 aliphatic carbocycles. The van der Waals surface area contributed by atoms with E-state index in [1.165, 1.54) is 11.8 Å². The van der Waals surface area contributed by atoms with Crippen LogP contribution in [0.4, 0.5) is 0 Å². The third-order valence-corrected chi connectivity index (χ3v) is 3.66. The molecular formula is C11H18N2O2S2. The Morgan fingerprint density at radius 3 is 2.88 bits per heavy atom. The number of aromatic nitrogens is 1. The third kappa shape index (κ3) is 6.65. The molecule has 1 aromatic rings. The number of carbonyl (C=O) groups is 1. The lowest BCUT2D eigenvalue weighted by atomic mass is 10.1. The molecule has 17 heavy (non-hydrogen) atoms. The van der Waals surface area contributed by atoms with E-state index in [9.17, 15) is 9.90 Å². The SMILES string of the molecule is Cc1nc(CSCC(=O)NCC(C)(C)O)cs1. The number of hydrogen-bond donors (Lipinski definition) is 2. The van der Waals surface area contributed by atoms with Gasteiger partial charge in [0.15, 0.2) is 0 Å². The Balaban J connectivity index is 2.16. The molecule has 1 amide bonds. The number of nitrogens with one attached hydrogen (secondary N) is 1. The molecule has 4 nitrogen and oxygen atoms in total. The van der Waals surface area contributed by atoms with E-state index in [4.69, 9.17) is 0 Å². The van der Waals surface area contributed by atoms with Gasteiger partial charge in [-0.15, -0.1) is 23.1 Å². The van der Waals surface area contributed by atoms with Gasteiger partial charge in [0.1, 0.15) is 0 Å². The molecule has 0 aliphatic heterocycles. The molecule has 6 heteroatoms. The second-order valence-corrected chi connectivity index (χ2v) is 6.49. The van der Waals surface area contributed by atoms with Crippen LogP contribution in [0.15, 0.2) is 5.38 Å². The standard InChI is InChI=1S/C11H18N2O2S2/c1-8-13-9(5-17-8)4-16-6-10(14)12-7-11(2,3)15/h5,15H,4,6-7H2,1-3H3,(H,12,14). The minimum Gasteiger partial charge on any atom is -0.389 e. The molecular weight excluding hydrogens is 256 g/mol. The summed E-state index contributed by atoms with van der Waals surface area (Å²) in [4.78, 5) is 15.7. The fraction of sp³-hybridized carbons (Fsp3) is 0.636. The lowest BCUT2D eigenvalue weighted by Crippen LogP contribution is -2.38. The molecule has 0 aromatic carbocycles. The first-order chi connectivity index (χ1) is 7.87. The monoisotopic (exact) mass is 274 g/mol. The van der Waals surface area contributed by atoms with Gasteiger partial charge >= 0.3 is 0 Å². The zero-order valence-electron chi connectivity index (χ0n) is 10.3. The highest BCUT2D eigenvalue weighted by Gasteiger charge is 2.13. The van der Waals surface area contributed by atoms with E-state index < -0.39 is 5.60 Å². The highest BCUT2D eigenvalue weighted by Crippen LogP contribution is 2.14. The van der Waals surface area contributed by atoms with Gasteiger partial charge in [-0.25, -0.2) is 4.98 Å². The molecule has 0 fully saturated rings. The van der Waals surface area contributed by atoms with Gasteiger partial charge in [-0.3, -0.25) is 4.79 Å². The Morgan fingerprint density at radius 1 is 1.65 bits per heavy atom. The van der Waals surface area contributed by atoms with Crippen molar-refractivity contribution in [1.29, 1.82) is 0 Å². The molecule has 0 saturated carbocycles. The lowest BCUT2D eigenvalue weighted by Gasteiger charge is -2.17. The topological polar surface area (TPSA) is 62.2 Å². The van der Waals surface area contributed by atoms with Gasteiger partial charge in [0.2, 0.25) is 5.91 Å². The minimum atomic E-state index is -0.855. The van der Waals surface area contributed by atoms with Crippen molar-refractivity contribution >= 4 is 29.0 Å². The van der Waals surface area contributed by atoms with Crippen LogP contribution < -0.4 is 5.32 Å². The molecule has 1 rings (SSSR count). The van der Waals surface area contributed by atoms with Crippen molar-refractivity contribution in [2.75, 3.05) is 12.3 Å². The highest BCUT2D eigenvalue weighted by atomic mass is 32.2. The fourth-order valence-corrected chi connectivity index (χ4v) is 2.55. The van der Waals surface area contributed by atoms with Crippen molar-refractivity contribution in [2.45, 2.75) is 32.1 Å². The van der Waals surface area contributed by atoms with Crippen molar-refractivity contribution in [3.05, 3.63) is 16.1 Å². The van der Waals surface area contributed by atoms with Crippen LogP contribution in [0.25, 0.3) is 0 Å². The Morgan fingerprint density at radius 2 is 2.35 bits per heavy atom. The summed E-state index contributed by atoms with van der Waals surface area (Å²) in [7, 11) is 0. The maximum Gasteiger partial charge on any atom is 0.230 e. The molecule has 96 valence electrons. The number of amides is 1. The van der Waals surface area contributed by atoms with E-state index in [1.54, 1.807) is 25.2 Å². The van der Waals surface area contributed by atoms with E-state index >= 15 is 0 Å². The first kappa shape index (κ1) is 14.5. The van der Waals surface area contributed by atoms with Gasteiger partial charge in [0.25, 0.3) is 0 Å². The molecule has 0 aliphatic rings. The van der Waals surface area contributed by atoms with E-state index in [2.05, 4.69) is 10.3 Å². The zero-order chi connectivity index (χ0) is 12.9. The maximum atomic E-state index is 11.4. The smallest absolute Gasteiger partial charge is 0.230 e. The Hall–Kier alpha value is -0.590. The average Bonchev–Trinajstić information content (AvgIpc) is 2.60. The van der Waals surface area contributed by atoms with Crippen LogP contribution in [-0.2, 0) is 10.5 Å². The molecule has 0 bridgehead atoms. The predicted molar refractivity (Wildman–Crippen MR) is 72.3 cm³/mol. The summed E-state index contributed by atoms with van der Waals surface area (Å²) >= 11 is 3.15. The summed E-state index contributed by atoms with van der Waals surface area (Å²) in [6.07, 6.45) is 0. The number of carbonyl (C=O) groups excluding carboxylic acids is 1. The number of hydrogen-bond acceptors (Lipinski definition) is 5. The number of aliphatic hydroxyl groups is 1.